The maximum atomic E-state index is 13.9. The number of amides is 1. The molecule has 0 unspecified atom stereocenters. The highest BCUT2D eigenvalue weighted by Gasteiger charge is 2.37. The smallest absolute Gasteiger partial charge is 0.227 e. The van der Waals surface area contributed by atoms with Gasteiger partial charge in [-0.15, -0.1) is 0 Å². The summed E-state index contributed by atoms with van der Waals surface area (Å²) in [7, 11) is 0. The van der Waals surface area contributed by atoms with Gasteiger partial charge < -0.3 is 14.5 Å². The molecule has 1 saturated heterocycles. The number of rotatable bonds is 5. The number of carbonyl (C=O) groups is 1. The van der Waals surface area contributed by atoms with Gasteiger partial charge in [-0.05, 0) is 31.0 Å². The van der Waals surface area contributed by atoms with Crippen LogP contribution < -0.4 is 0 Å². The van der Waals surface area contributed by atoms with E-state index in [9.17, 15) is 14.3 Å². The van der Waals surface area contributed by atoms with E-state index in [-0.39, 0.29) is 30.7 Å². The Bertz CT molecular complexity index is 987. The molecule has 0 atom stereocenters. The third kappa shape index (κ3) is 4.14. The molecule has 0 aliphatic carbocycles. The van der Waals surface area contributed by atoms with Crippen LogP contribution in [0.25, 0.3) is 11.5 Å². The van der Waals surface area contributed by atoms with Crippen molar-refractivity contribution in [1.82, 2.24) is 25.0 Å². The summed E-state index contributed by atoms with van der Waals surface area (Å²) in [5, 5.41) is 14.7. The number of halogens is 1. The Morgan fingerprint density at radius 2 is 1.97 bits per heavy atom. The fourth-order valence-electron chi connectivity index (χ4n) is 3.46. The standard InChI is InChI=1S/C20H20FN5O3/c21-18-14(4-3-11-23-18)20(28)8-12-26(13-9-20)17(27)7-6-16-24-19(25-29-16)15-5-1-2-10-22-15/h1-5,10-11,28H,6-9,12-13H2. The summed E-state index contributed by atoms with van der Waals surface area (Å²) in [6.07, 6.45) is 4.03. The van der Waals surface area contributed by atoms with Crippen molar-refractivity contribution >= 4 is 5.91 Å². The molecule has 1 amide bonds. The predicted octanol–water partition coefficient (Wildman–Crippen LogP) is 2.11. The molecule has 0 saturated carbocycles. The van der Waals surface area contributed by atoms with Gasteiger partial charge in [-0.3, -0.25) is 9.78 Å². The molecule has 150 valence electrons. The molecule has 1 N–H and O–H groups in total. The van der Waals surface area contributed by atoms with Gasteiger partial charge in [-0.25, -0.2) is 4.98 Å². The summed E-state index contributed by atoms with van der Waals surface area (Å²) in [4.78, 5) is 26.2. The van der Waals surface area contributed by atoms with Crippen LogP contribution >= 0.6 is 0 Å². The van der Waals surface area contributed by atoms with Crippen molar-refractivity contribution < 1.29 is 18.8 Å². The van der Waals surface area contributed by atoms with E-state index >= 15 is 0 Å². The largest absolute Gasteiger partial charge is 0.385 e. The third-order valence-electron chi connectivity index (χ3n) is 5.12. The lowest BCUT2D eigenvalue weighted by atomic mass is 9.85. The van der Waals surface area contributed by atoms with E-state index < -0.39 is 11.5 Å². The average molecular weight is 397 g/mol. The van der Waals surface area contributed by atoms with E-state index in [1.807, 2.05) is 6.07 Å². The van der Waals surface area contributed by atoms with Crippen LogP contribution in [0.4, 0.5) is 4.39 Å². The van der Waals surface area contributed by atoms with Crippen LogP contribution in [-0.4, -0.2) is 49.1 Å². The normalized spacial score (nSPS) is 16.0. The number of pyridine rings is 2. The Hall–Kier alpha value is -3.20. The van der Waals surface area contributed by atoms with E-state index in [0.717, 1.165) is 0 Å². The summed E-state index contributed by atoms with van der Waals surface area (Å²) in [5.74, 6) is 0.00528. The summed E-state index contributed by atoms with van der Waals surface area (Å²) in [6, 6.07) is 8.54. The summed E-state index contributed by atoms with van der Waals surface area (Å²) >= 11 is 0. The first-order valence-electron chi connectivity index (χ1n) is 9.40. The van der Waals surface area contributed by atoms with E-state index in [1.165, 1.54) is 12.3 Å². The van der Waals surface area contributed by atoms with Gasteiger partial charge in [0, 0.05) is 43.9 Å². The molecule has 3 aromatic heterocycles. The van der Waals surface area contributed by atoms with E-state index in [4.69, 9.17) is 4.52 Å². The first-order valence-corrected chi connectivity index (χ1v) is 9.40. The zero-order valence-corrected chi connectivity index (χ0v) is 15.7. The molecule has 0 bridgehead atoms. The first kappa shape index (κ1) is 19.1. The van der Waals surface area contributed by atoms with Crippen molar-refractivity contribution in [2.45, 2.75) is 31.3 Å². The second-order valence-corrected chi connectivity index (χ2v) is 6.98. The average Bonchev–Trinajstić information content (AvgIpc) is 3.22. The van der Waals surface area contributed by atoms with Gasteiger partial charge in [0.15, 0.2) is 0 Å². The fourth-order valence-corrected chi connectivity index (χ4v) is 3.46. The van der Waals surface area contributed by atoms with Crippen LogP contribution in [0.1, 0.15) is 30.7 Å². The van der Waals surface area contributed by atoms with E-state index in [2.05, 4.69) is 20.1 Å². The molecule has 0 aromatic carbocycles. The molecular weight excluding hydrogens is 377 g/mol. The van der Waals surface area contributed by atoms with Crippen molar-refractivity contribution in [2.75, 3.05) is 13.1 Å². The van der Waals surface area contributed by atoms with Crippen molar-refractivity contribution in [3.05, 3.63) is 60.1 Å². The number of piperidine rings is 1. The van der Waals surface area contributed by atoms with Gasteiger partial charge in [0.05, 0.1) is 5.60 Å². The molecule has 0 spiro atoms. The minimum absolute atomic E-state index is 0.0729. The second-order valence-electron chi connectivity index (χ2n) is 6.98. The molecule has 0 radical (unpaired) electrons. The second kappa shape index (κ2) is 8.04. The van der Waals surface area contributed by atoms with Crippen LogP contribution in [0.2, 0.25) is 0 Å². The van der Waals surface area contributed by atoms with Gasteiger partial charge in [0.1, 0.15) is 5.69 Å². The van der Waals surface area contributed by atoms with E-state index in [1.54, 1.807) is 29.3 Å². The Kier molecular flexibility index (Phi) is 5.30. The molecule has 8 nitrogen and oxygen atoms in total. The highest BCUT2D eigenvalue weighted by atomic mass is 19.1. The number of aliphatic hydroxyl groups is 1. The molecule has 1 fully saturated rings. The van der Waals surface area contributed by atoms with Crippen LogP contribution in [0, 0.1) is 5.95 Å². The molecule has 4 rings (SSSR count). The number of nitrogens with zero attached hydrogens (tertiary/aromatic N) is 5. The Balaban J connectivity index is 1.32. The fraction of sp³-hybridized carbons (Fsp3) is 0.350. The summed E-state index contributed by atoms with van der Waals surface area (Å²) in [6.45, 7) is 0.680. The molecule has 29 heavy (non-hydrogen) atoms. The first-order chi connectivity index (χ1) is 14.0. The topological polar surface area (TPSA) is 105 Å². The number of carbonyl (C=O) groups excluding carboxylic acids is 1. The van der Waals surface area contributed by atoms with Crippen molar-refractivity contribution in [3.63, 3.8) is 0 Å². The van der Waals surface area contributed by atoms with Gasteiger partial charge in [-0.1, -0.05) is 17.3 Å². The Labute approximate surface area is 166 Å². The van der Waals surface area contributed by atoms with Gasteiger partial charge in [0.25, 0.3) is 0 Å². The minimum atomic E-state index is -1.31. The number of aromatic nitrogens is 4. The Morgan fingerprint density at radius 3 is 2.69 bits per heavy atom. The van der Waals surface area contributed by atoms with Crippen molar-refractivity contribution in [1.29, 1.82) is 0 Å². The SMILES string of the molecule is O=C(CCc1nc(-c2ccccn2)no1)N1CCC(O)(c2cccnc2F)CC1. The van der Waals surface area contributed by atoms with Gasteiger partial charge >= 0.3 is 0 Å². The molecule has 1 aliphatic heterocycles. The predicted molar refractivity (Wildman–Crippen MR) is 99.8 cm³/mol. The lowest BCUT2D eigenvalue weighted by molar-refractivity contribution is -0.135. The molecular formula is C20H20FN5O3. The van der Waals surface area contributed by atoms with Crippen molar-refractivity contribution in [2.24, 2.45) is 0 Å². The van der Waals surface area contributed by atoms with Gasteiger partial charge in [0.2, 0.25) is 23.6 Å². The minimum Gasteiger partial charge on any atom is -0.385 e. The molecule has 3 aromatic rings. The maximum absolute atomic E-state index is 13.9. The highest BCUT2D eigenvalue weighted by Crippen LogP contribution is 2.33. The molecule has 1 aliphatic rings. The van der Waals surface area contributed by atoms with Crippen LogP contribution in [0.5, 0.6) is 0 Å². The number of likely N-dealkylation sites (tertiary alicyclic amines) is 1. The van der Waals surface area contributed by atoms with Crippen LogP contribution in [-0.2, 0) is 16.8 Å². The monoisotopic (exact) mass is 397 g/mol. The molecule has 4 heterocycles. The van der Waals surface area contributed by atoms with Gasteiger partial charge in [-0.2, -0.15) is 9.37 Å². The zero-order valence-electron chi connectivity index (χ0n) is 15.7. The summed E-state index contributed by atoms with van der Waals surface area (Å²) < 4.78 is 19.1. The van der Waals surface area contributed by atoms with Crippen LogP contribution in [0.15, 0.2) is 47.2 Å². The lowest BCUT2D eigenvalue weighted by Gasteiger charge is -2.38. The lowest BCUT2D eigenvalue weighted by Crippen LogP contribution is -2.45. The third-order valence-corrected chi connectivity index (χ3v) is 5.12. The maximum Gasteiger partial charge on any atom is 0.227 e. The Morgan fingerprint density at radius 1 is 1.17 bits per heavy atom. The molecule has 9 heteroatoms. The van der Waals surface area contributed by atoms with E-state index in [0.29, 0.717) is 36.9 Å². The number of hydrogen-bond donors (Lipinski definition) is 1. The summed E-state index contributed by atoms with van der Waals surface area (Å²) in [5.41, 5.74) is -0.522. The van der Waals surface area contributed by atoms with Crippen LogP contribution in [0.3, 0.4) is 0 Å². The highest BCUT2D eigenvalue weighted by molar-refractivity contribution is 5.76. The zero-order chi connectivity index (χ0) is 20.3. The quantitative estimate of drug-likeness (QED) is 0.657. The van der Waals surface area contributed by atoms with Crippen molar-refractivity contribution in [3.8, 4) is 11.5 Å². The number of aryl methyl sites for hydroxylation is 1. The number of hydrogen-bond acceptors (Lipinski definition) is 7.